The summed E-state index contributed by atoms with van der Waals surface area (Å²) in [5.74, 6) is 0.735. The van der Waals surface area contributed by atoms with Crippen LogP contribution in [0.25, 0.3) is 0 Å². The van der Waals surface area contributed by atoms with Crippen LogP contribution in [0.3, 0.4) is 0 Å². The Balaban J connectivity index is 1.64. The molecule has 0 spiro atoms. The molecule has 3 aliphatic rings. The van der Waals surface area contributed by atoms with E-state index in [9.17, 15) is 9.90 Å². The zero-order chi connectivity index (χ0) is 14.6. The highest BCUT2D eigenvalue weighted by Crippen LogP contribution is 2.43. The first-order chi connectivity index (χ1) is 10.1. The molecule has 0 radical (unpaired) electrons. The van der Waals surface area contributed by atoms with Gasteiger partial charge in [-0.05, 0) is 45.6 Å². The molecule has 1 aromatic heterocycles. The molecule has 112 valence electrons. The van der Waals surface area contributed by atoms with Crippen LogP contribution in [0.15, 0.2) is 6.20 Å². The number of nitrogens with zero attached hydrogens (tertiary/aromatic N) is 3. The molecule has 1 N–H and O–H groups in total. The molecule has 1 aromatic rings. The molecule has 1 aliphatic carbocycles. The van der Waals surface area contributed by atoms with Gasteiger partial charge in [0, 0.05) is 30.1 Å². The van der Waals surface area contributed by atoms with Crippen LogP contribution in [0.1, 0.15) is 72.2 Å². The Morgan fingerprint density at radius 3 is 2.43 bits per heavy atom. The topological polar surface area (TPSA) is 66.3 Å². The van der Waals surface area contributed by atoms with Crippen molar-refractivity contribution >= 4 is 5.97 Å². The quantitative estimate of drug-likeness (QED) is 0.924. The predicted octanol–water partition coefficient (Wildman–Crippen LogP) is 2.39. The van der Waals surface area contributed by atoms with E-state index in [0.29, 0.717) is 29.5 Å². The van der Waals surface area contributed by atoms with Gasteiger partial charge in [-0.25, -0.2) is 14.8 Å². The van der Waals surface area contributed by atoms with E-state index in [-0.39, 0.29) is 0 Å². The molecule has 2 saturated heterocycles. The van der Waals surface area contributed by atoms with Crippen LogP contribution >= 0.6 is 0 Å². The second-order valence-corrected chi connectivity index (χ2v) is 6.83. The zero-order valence-corrected chi connectivity index (χ0v) is 12.3. The van der Waals surface area contributed by atoms with Gasteiger partial charge in [0.15, 0.2) is 0 Å². The second kappa shape index (κ2) is 4.77. The fourth-order valence-corrected chi connectivity index (χ4v) is 4.06. The minimum Gasteiger partial charge on any atom is -0.478 e. The smallest absolute Gasteiger partial charge is 0.339 e. The summed E-state index contributed by atoms with van der Waals surface area (Å²) in [6, 6.07) is 1.31. The average Bonchev–Trinajstić information content (AvgIpc) is 3.29. The van der Waals surface area contributed by atoms with Gasteiger partial charge >= 0.3 is 5.97 Å². The van der Waals surface area contributed by atoms with Gasteiger partial charge < -0.3 is 10.0 Å². The summed E-state index contributed by atoms with van der Waals surface area (Å²) in [4.78, 5) is 22.9. The lowest BCUT2D eigenvalue weighted by molar-refractivity contribution is 0.0694. The first-order valence-corrected chi connectivity index (χ1v) is 7.95. The van der Waals surface area contributed by atoms with Crippen molar-refractivity contribution in [2.75, 3.05) is 7.05 Å². The number of rotatable bonds is 3. The Bertz CT molecular complexity index is 571. The Morgan fingerprint density at radius 1 is 1.19 bits per heavy atom. The maximum Gasteiger partial charge on any atom is 0.339 e. The minimum absolute atomic E-state index is 0.303. The van der Waals surface area contributed by atoms with E-state index >= 15 is 0 Å². The van der Waals surface area contributed by atoms with Crippen molar-refractivity contribution in [3.8, 4) is 0 Å². The number of hydrogen-bond donors (Lipinski definition) is 1. The van der Waals surface area contributed by atoms with E-state index in [1.54, 1.807) is 6.20 Å². The highest BCUT2D eigenvalue weighted by molar-refractivity contribution is 5.88. The van der Waals surface area contributed by atoms with Gasteiger partial charge in [-0.3, -0.25) is 0 Å². The Morgan fingerprint density at radius 2 is 1.86 bits per heavy atom. The molecular formula is C16H21N3O2. The molecule has 3 heterocycles. The number of hydrogen-bond acceptors (Lipinski definition) is 4. The van der Waals surface area contributed by atoms with Crippen molar-refractivity contribution in [3.05, 3.63) is 23.3 Å². The van der Waals surface area contributed by atoms with E-state index in [1.807, 2.05) is 0 Å². The maximum atomic E-state index is 11.3. The summed E-state index contributed by atoms with van der Waals surface area (Å²) < 4.78 is 0. The van der Waals surface area contributed by atoms with Gasteiger partial charge in [-0.2, -0.15) is 0 Å². The van der Waals surface area contributed by atoms with Crippen LogP contribution < -0.4 is 0 Å². The molecule has 2 unspecified atom stereocenters. The highest BCUT2D eigenvalue weighted by atomic mass is 16.4. The Kier molecular flexibility index (Phi) is 2.99. The summed E-state index contributed by atoms with van der Waals surface area (Å²) in [7, 11) is 2.22. The monoisotopic (exact) mass is 287 g/mol. The van der Waals surface area contributed by atoms with Crippen LogP contribution in [0.5, 0.6) is 0 Å². The number of carboxylic acid groups (broad SMARTS) is 1. The van der Waals surface area contributed by atoms with E-state index in [2.05, 4.69) is 16.9 Å². The first-order valence-electron chi connectivity index (χ1n) is 7.95. The van der Waals surface area contributed by atoms with Crippen LogP contribution in [0.2, 0.25) is 0 Å². The molecule has 21 heavy (non-hydrogen) atoms. The summed E-state index contributed by atoms with van der Waals surface area (Å²) in [6.45, 7) is 0. The average molecular weight is 287 g/mol. The summed E-state index contributed by atoms with van der Waals surface area (Å²) in [5.41, 5.74) is 1.08. The lowest BCUT2D eigenvalue weighted by atomic mass is 9.90. The third-order valence-electron chi connectivity index (χ3n) is 5.49. The third kappa shape index (κ3) is 2.24. The molecule has 2 aliphatic heterocycles. The number of carboxylic acids is 1. The molecule has 5 heteroatoms. The van der Waals surface area contributed by atoms with Gasteiger partial charge in [0.2, 0.25) is 0 Å². The van der Waals surface area contributed by atoms with Crippen molar-refractivity contribution in [3.63, 3.8) is 0 Å². The number of piperidine rings is 1. The largest absolute Gasteiger partial charge is 0.478 e. The SMILES string of the molecule is CN1C2CCC1CC(c1ncc(C(=O)O)c(C3CC3)n1)C2. The van der Waals surface area contributed by atoms with Gasteiger partial charge in [0.1, 0.15) is 5.82 Å². The number of aromatic carboxylic acids is 1. The molecule has 2 bridgehead atoms. The molecule has 5 nitrogen and oxygen atoms in total. The number of carbonyl (C=O) groups is 1. The van der Waals surface area contributed by atoms with Crippen molar-refractivity contribution < 1.29 is 9.90 Å². The van der Waals surface area contributed by atoms with Crippen molar-refractivity contribution in [2.24, 2.45) is 0 Å². The van der Waals surface area contributed by atoms with Gasteiger partial charge in [-0.1, -0.05) is 0 Å². The Hall–Kier alpha value is -1.49. The highest BCUT2D eigenvalue weighted by Gasteiger charge is 2.40. The summed E-state index contributed by atoms with van der Waals surface area (Å²) in [5, 5.41) is 9.29. The van der Waals surface area contributed by atoms with Crippen molar-refractivity contribution in [1.29, 1.82) is 0 Å². The van der Waals surface area contributed by atoms with Gasteiger partial charge in [0.05, 0.1) is 11.3 Å². The predicted molar refractivity (Wildman–Crippen MR) is 77.5 cm³/mol. The normalized spacial score (nSPS) is 32.3. The van der Waals surface area contributed by atoms with Crippen LogP contribution in [0.4, 0.5) is 0 Å². The zero-order valence-electron chi connectivity index (χ0n) is 12.3. The molecule has 0 amide bonds. The minimum atomic E-state index is -0.896. The third-order valence-corrected chi connectivity index (χ3v) is 5.49. The number of fused-ring (bicyclic) bond motifs is 2. The maximum absolute atomic E-state index is 11.3. The Labute approximate surface area is 124 Å². The summed E-state index contributed by atoms with van der Waals surface area (Å²) >= 11 is 0. The number of aromatic nitrogens is 2. The molecule has 2 atom stereocenters. The first kappa shape index (κ1) is 13.2. The van der Waals surface area contributed by atoms with Crippen molar-refractivity contribution in [2.45, 2.75) is 62.4 Å². The summed E-state index contributed by atoms with van der Waals surface area (Å²) in [6.07, 6.45) is 8.46. The lowest BCUT2D eigenvalue weighted by Crippen LogP contribution is -2.39. The van der Waals surface area contributed by atoms with Gasteiger partial charge in [-0.15, -0.1) is 0 Å². The van der Waals surface area contributed by atoms with Gasteiger partial charge in [0.25, 0.3) is 0 Å². The lowest BCUT2D eigenvalue weighted by Gasteiger charge is -2.35. The second-order valence-electron chi connectivity index (χ2n) is 6.83. The van der Waals surface area contributed by atoms with Crippen LogP contribution in [0, 0.1) is 0 Å². The van der Waals surface area contributed by atoms with Crippen LogP contribution in [-0.2, 0) is 0 Å². The molecule has 0 aromatic carbocycles. The van der Waals surface area contributed by atoms with E-state index < -0.39 is 5.97 Å². The fourth-order valence-electron chi connectivity index (χ4n) is 4.06. The van der Waals surface area contributed by atoms with Crippen molar-refractivity contribution in [1.82, 2.24) is 14.9 Å². The molecule has 1 saturated carbocycles. The molecule has 3 fully saturated rings. The van der Waals surface area contributed by atoms with E-state index in [1.165, 1.54) is 12.8 Å². The van der Waals surface area contributed by atoms with E-state index in [0.717, 1.165) is 37.2 Å². The molecule has 4 rings (SSSR count). The fraction of sp³-hybridized carbons (Fsp3) is 0.688. The van der Waals surface area contributed by atoms with Crippen LogP contribution in [-0.4, -0.2) is 45.1 Å². The molecular weight excluding hydrogens is 266 g/mol. The van der Waals surface area contributed by atoms with E-state index in [4.69, 9.17) is 4.98 Å². The standard InChI is InChI=1S/C16H21N3O2/c1-19-11-4-5-12(19)7-10(6-11)15-17-8-13(16(20)21)14(18-15)9-2-3-9/h8-12H,2-7H2,1H3,(H,20,21).